The molecular formula is C6H7F3. The molecule has 0 rings (SSSR count). The van der Waals surface area contributed by atoms with Crippen molar-refractivity contribution in [3.63, 3.8) is 0 Å². The van der Waals surface area contributed by atoms with Gasteiger partial charge in [-0.2, -0.15) is 8.78 Å². The molecule has 0 aliphatic carbocycles. The van der Waals surface area contributed by atoms with Crippen LogP contribution >= 0.6 is 0 Å². The molecule has 0 atom stereocenters. The second-order valence-corrected chi connectivity index (χ2v) is 1.42. The van der Waals surface area contributed by atoms with Gasteiger partial charge in [-0.25, -0.2) is 4.39 Å². The quantitative estimate of drug-likeness (QED) is 0.512. The summed E-state index contributed by atoms with van der Waals surface area (Å²) in [5.41, 5.74) is 0. The first kappa shape index (κ1) is 8.27. The van der Waals surface area contributed by atoms with Crippen molar-refractivity contribution in [1.29, 1.82) is 0 Å². The van der Waals surface area contributed by atoms with Crippen molar-refractivity contribution < 1.29 is 13.2 Å². The summed E-state index contributed by atoms with van der Waals surface area (Å²) in [4.78, 5) is 0. The highest BCUT2D eigenvalue weighted by atomic mass is 19.3. The van der Waals surface area contributed by atoms with E-state index in [1.54, 1.807) is 6.92 Å². The maximum Gasteiger partial charge on any atom is 0.305 e. The molecule has 9 heavy (non-hydrogen) atoms. The summed E-state index contributed by atoms with van der Waals surface area (Å²) in [6.45, 7) is 1.74. The predicted octanol–water partition coefficient (Wildman–Crippen LogP) is 3.03. The van der Waals surface area contributed by atoms with Crippen molar-refractivity contribution >= 4 is 0 Å². The summed E-state index contributed by atoms with van der Waals surface area (Å²) < 4.78 is 34.2. The maximum absolute atomic E-state index is 11.8. The number of rotatable bonds is 2. The van der Waals surface area contributed by atoms with E-state index in [2.05, 4.69) is 0 Å². The number of hydrogen-bond donors (Lipinski definition) is 0. The molecule has 0 aliphatic heterocycles. The van der Waals surface area contributed by atoms with Crippen LogP contribution in [0.25, 0.3) is 0 Å². The van der Waals surface area contributed by atoms with E-state index in [-0.39, 0.29) is 0 Å². The van der Waals surface area contributed by atoms with Crippen LogP contribution in [0.1, 0.15) is 13.3 Å². The topological polar surface area (TPSA) is 0 Å². The van der Waals surface area contributed by atoms with Gasteiger partial charge in [-0.3, -0.25) is 0 Å². The van der Waals surface area contributed by atoms with Crippen LogP contribution in [-0.2, 0) is 0 Å². The SMILES string of the molecule is CCC=CC(F)=C(F)F. The van der Waals surface area contributed by atoms with Crippen LogP contribution < -0.4 is 0 Å². The fraction of sp³-hybridized carbons (Fsp3) is 0.333. The van der Waals surface area contributed by atoms with Crippen LogP contribution in [0.4, 0.5) is 13.2 Å². The number of allylic oxidation sites excluding steroid dienone is 3. The maximum atomic E-state index is 11.8. The smallest absolute Gasteiger partial charge is 0.201 e. The van der Waals surface area contributed by atoms with Crippen LogP contribution in [-0.4, -0.2) is 0 Å². The molecule has 0 aliphatic rings. The van der Waals surface area contributed by atoms with Crippen LogP contribution in [0, 0.1) is 0 Å². The highest BCUT2D eigenvalue weighted by molar-refractivity contribution is 5.10. The molecule has 0 aromatic rings. The molecule has 0 aromatic heterocycles. The van der Waals surface area contributed by atoms with E-state index in [1.165, 1.54) is 6.08 Å². The van der Waals surface area contributed by atoms with Crippen molar-refractivity contribution in [3.8, 4) is 0 Å². The normalized spacial score (nSPS) is 10.2. The lowest BCUT2D eigenvalue weighted by Gasteiger charge is -1.81. The Morgan fingerprint density at radius 3 is 2.22 bits per heavy atom. The Labute approximate surface area is 51.7 Å². The number of halogens is 3. The average Bonchev–Trinajstić information content (AvgIpc) is 1.82. The average molecular weight is 136 g/mol. The molecule has 3 heteroatoms. The van der Waals surface area contributed by atoms with E-state index >= 15 is 0 Å². The fourth-order valence-electron chi connectivity index (χ4n) is 0.284. The van der Waals surface area contributed by atoms with Gasteiger partial charge < -0.3 is 0 Å². The molecule has 0 amide bonds. The molecule has 0 saturated carbocycles. The highest BCUT2D eigenvalue weighted by Crippen LogP contribution is 2.09. The monoisotopic (exact) mass is 136 g/mol. The van der Waals surface area contributed by atoms with E-state index < -0.39 is 11.9 Å². The lowest BCUT2D eigenvalue weighted by molar-refractivity contribution is 0.387. The van der Waals surface area contributed by atoms with Gasteiger partial charge in [-0.05, 0) is 12.5 Å². The van der Waals surface area contributed by atoms with Gasteiger partial charge in [-0.1, -0.05) is 13.0 Å². The zero-order valence-corrected chi connectivity index (χ0v) is 5.00. The van der Waals surface area contributed by atoms with Gasteiger partial charge in [0.25, 0.3) is 0 Å². The van der Waals surface area contributed by atoms with Crippen molar-refractivity contribution in [2.24, 2.45) is 0 Å². The Morgan fingerprint density at radius 1 is 1.33 bits per heavy atom. The Hall–Kier alpha value is -0.730. The Kier molecular flexibility index (Phi) is 3.84. The summed E-state index contributed by atoms with van der Waals surface area (Å²) in [5.74, 6) is -1.45. The molecule has 0 heterocycles. The Bertz CT molecular complexity index is 131. The van der Waals surface area contributed by atoms with Gasteiger partial charge in [0, 0.05) is 0 Å². The molecule has 0 N–H and O–H groups in total. The van der Waals surface area contributed by atoms with Gasteiger partial charge in [0.15, 0.2) is 5.83 Å². The van der Waals surface area contributed by atoms with Crippen molar-refractivity contribution in [3.05, 3.63) is 24.1 Å². The number of hydrogen-bond acceptors (Lipinski definition) is 0. The summed E-state index contributed by atoms with van der Waals surface area (Å²) in [7, 11) is 0. The van der Waals surface area contributed by atoms with Crippen molar-refractivity contribution in [2.75, 3.05) is 0 Å². The van der Waals surface area contributed by atoms with Crippen LogP contribution in [0.5, 0.6) is 0 Å². The zero-order chi connectivity index (χ0) is 7.28. The second kappa shape index (κ2) is 4.18. The van der Waals surface area contributed by atoms with Crippen LogP contribution in [0.3, 0.4) is 0 Å². The minimum Gasteiger partial charge on any atom is -0.201 e. The van der Waals surface area contributed by atoms with Crippen LogP contribution in [0.2, 0.25) is 0 Å². The van der Waals surface area contributed by atoms with Crippen molar-refractivity contribution in [2.45, 2.75) is 13.3 Å². The van der Waals surface area contributed by atoms with E-state index in [4.69, 9.17) is 0 Å². The van der Waals surface area contributed by atoms with Gasteiger partial charge >= 0.3 is 6.08 Å². The molecular weight excluding hydrogens is 129 g/mol. The van der Waals surface area contributed by atoms with Gasteiger partial charge in [0.2, 0.25) is 0 Å². The Morgan fingerprint density at radius 2 is 1.89 bits per heavy atom. The van der Waals surface area contributed by atoms with Crippen LogP contribution in [0.15, 0.2) is 24.1 Å². The lowest BCUT2D eigenvalue weighted by atomic mass is 10.4. The minimum atomic E-state index is -2.26. The first-order valence-electron chi connectivity index (χ1n) is 2.55. The molecule has 0 fully saturated rings. The molecule has 0 aromatic carbocycles. The molecule has 0 spiro atoms. The summed E-state index contributed by atoms with van der Waals surface area (Å²) in [5, 5.41) is 0. The lowest BCUT2D eigenvalue weighted by Crippen LogP contribution is -1.66. The first-order chi connectivity index (χ1) is 4.18. The fourth-order valence-corrected chi connectivity index (χ4v) is 0.284. The van der Waals surface area contributed by atoms with Crippen molar-refractivity contribution in [1.82, 2.24) is 0 Å². The molecule has 52 valence electrons. The standard InChI is InChI=1S/C6H7F3/c1-2-3-4-5(7)6(8)9/h3-4H,2H2,1H3. The highest BCUT2D eigenvalue weighted by Gasteiger charge is 1.97. The third kappa shape index (κ3) is 3.82. The van der Waals surface area contributed by atoms with Gasteiger partial charge in [0.1, 0.15) is 0 Å². The van der Waals surface area contributed by atoms with Gasteiger partial charge in [-0.15, -0.1) is 0 Å². The van der Waals surface area contributed by atoms with E-state index in [9.17, 15) is 13.2 Å². The molecule has 0 nitrogen and oxygen atoms in total. The Balaban J connectivity index is 3.91. The van der Waals surface area contributed by atoms with E-state index in [0.717, 1.165) is 6.08 Å². The summed E-state index contributed by atoms with van der Waals surface area (Å²) in [6, 6.07) is 0. The first-order valence-corrected chi connectivity index (χ1v) is 2.55. The summed E-state index contributed by atoms with van der Waals surface area (Å²) >= 11 is 0. The van der Waals surface area contributed by atoms with E-state index in [1.807, 2.05) is 0 Å². The van der Waals surface area contributed by atoms with Gasteiger partial charge in [0.05, 0.1) is 0 Å². The third-order valence-electron chi connectivity index (χ3n) is 0.680. The summed E-state index contributed by atoms with van der Waals surface area (Å²) in [6.07, 6.45) is 0.379. The largest absolute Gasteiger partial charge is 0.305 e. The van der Waals surface area contributed by atoms with E-state index in [0.29, 0.717) is 6.42 Å². The molecule has 0 bridgehead atoms. The molecule has 0 unspecified atom stereocenters. The molecule has 0 saturated heterocycles. The second-order valence-electron chi connectivity index (χ2n) is 1.42. The predicted molar refractivity (Wildman–Crippen MR) is 29.8 cm³/mol. The zero-order valence-electron chi connectivity index (χ0n) is 5.00. The molecule has 0 radical (unpaired) electrons. The minimum absolute atomic E-state index is 0.556. The third-order valence-corrected chi connectivity index (χ3v) is 0.680.